The van der Waals surface area contributed by atoms with E-state index in [9.17, 15) is 39.1 Å². The first kappa shape index (κ1) is 91.0. The number of ether oxygens (including phenoxy) is 4. The summed E-state index contributed by atoms with van der Waals surface area (Å²) in [5, 5.41) is 68.0. The Morgan fingerprint density at radius 1 is 0.402 bits per heavy atom. The molecule has 127 heavy (non-hydrogen) atoms. The molecule has 0 unspecified atom stereocenters. The topological polar surface area (TPSA) is 404 Å². The fourth-order valence-electron chi connectivity index (χ4n) is 16.4. The molecule has 0 fully saturated rings. The maximum absolute atomic E-state index is 11.6. The van der Waals surface area contributed by atoms with Crippen molar-refractivity contribution in [2.75, 3.05) is 25.1 Å². The number of carbonyl (C=O) groups excluding carboxylic acids is 2. The quantitative estimate of drug-likeness (QED) is 0.0413. The maximum Gasteiger partial charge on any atom is 0.258 e. The molecule has 29 heteroatoms. The SMILES string of the molecule is CC(=O)N[C@@H]1CCCc2c(-c3noc(-c4ccc(OC(C)C)c(C#N)c4)n3)cccc21.CC(=O)N[C@H]1CCCc2c(-c3noc(-c4ccc(OC(C)C)c(C#N)c4)n3)cccc21.CC(C)Oc1ccc(-c2nc(-c3cccc4c3CCC[C@@H]4NCCS(C)(=O)=O)no2)cc1C#N.CCCN[C@@H]1CCCc2c(-c3noc(-c4ccc(OC(C)C)c(C#N)c4)n3)cccc21. The minimum Gasteiger partial charge on any atom is -0.490 e. The van der Waals surface area contributed by atoms with Gasteiger partial charge in [-0.3, -0.25) is 9.59 Å². The van der Waals surface area contributed by atoms with Crippen molar-refractivity contribution in [3.63, 3.8) is 0 Å². The maximum atomic E-state index is 11.6. The zero-order valence-corrected chi connectivity index (χ0v) is 74.3. The highest BCUT2D eigenvalue weighted by atomic mass is 32.2. The van der Waals surface area contributed by atoms with Crippen molar-refractivity contribution in [1.29, 1.82) is 21.0 Å². The third-order valence-electron chi connectivity index (χ3n) is 21.8. The van der Waals surface area contributed by atoms with E-state index in [-0.39, 0.29) is 60.1 Å². The molecule has 0 saturated heterocycles. The molecule has 0 aliphatic heterocycles. The van der Waals surface area contributed by atoms with E-state index in [1.165, 1.54) is 31.2 Å². The van der Waals surface area contributed by atoms with Crippen LogP contribution in [0.5, 0.6) is 23.0 Å². The molecule has 8 aromatic carbocycles. The van der Waals surface area contributed by atoms with Crippen LogP contribution < -0.4 is 40.2 Å². The van der Waals surface area contributed by atoms with Crippen molar-refractivity contribution >= 4 is 21.7 Å². The van der Waals surface area contributed by atoms with Gasteiger partial charge in [-0.05, 0) is 263 Å². The molecular weight excluding hydrogens is 1630 g/mol. The van der Waals surface area contributed by atoms with Gasteiger partial charge in [-0.25, -0.2) is 8.42 Å². The second-order valence-electron chi connectivity index (χ2n) is 32.9. The third kappa shape index (κ3) is 22.7. The molecule has 28 nitrogen and oxygen atoms in total. The van der Waals surface area contributed by atoms with E-state index in [1.54, 1.807) is 54.6 Å². The summed E-state index contributed by atoms with van der Waals surface area (Å²) < 4.78 is 67.9. The van der Waals surface area contributed by atoms with Crippen molar-refractivity contribution in [2.45, 2.75) is 208 Å². The Hall–Kier alpha value is -13.7. The fourth-order valence-corrected chi connectivity index (χ4v) is 16.9. The summed E-state index contributed by atoms with van der Waals surface area (Å²) in [6, 6.07) is 54.6. The molecule has 654 valence electrons. The van der Waals surface area contributed by atoms with Crippen LogP contribution in [0.1, 0.15) is 225 Å². The Bertz CT molecular complexity index is 6050. The lowest BCUT2D eigenvalue weighted by Gasteiger charge is -2.27. The Balaban J connectivity index is 0.000000145. The number of nitrogens with zero attached hydrogens (tertiary/aromatic N) is 12. The lowest BCUT2D eigenvalue weighted by atomic mass is 9.84. The molecule has 0 radical (unpaired) electrons. The van der Waals surface area contributed by atoms with Crippen LogP contribution in [0, 0.1) is 45.3 Å². The number of fused-ring (bicyclic) bond motifs is 4. The Kier molecular flexibility index (Phi) is 30.0. The number of benzene rings is 8. The first-order chi connectivity index (χ1) is 61.3. The smallest absolute Gasteiger partial charge is 0.258 e. The first-order valence-corrected chi connectivity index (χ1v) is 45.2. The van der Waals surface area contributed by atoms with E-state index >= 15 is 0 Å². The number of aromatic nitrogens is 8. The molecule has 2 amide bonds. The number of hydrogen-bond acceptors (Lipinski definition) is 26. The number of sulfone groups is 1. The molecule has 16 rings (SSSR count). The van der Waals surface area contributed by atoms with Crippen LogP contribution in [0.4, 0.5) is 0 Å². The van der Waals surface area contributed by atoms with Gasteiger partial charge >= 0.3 is 0 Å². The van der Waals surface area contributed by atoms with Crippen molar-refractivity contribution < 1.29 is 55.0 Å². The van der Waals surface area contributed by atoms with Crippen LogP contribution >= 0.6 is 0 Å². The van der Waals surface area contributed by atoms with Gasteiger partial charge in [0.25, 0.3) is 23.6 Å². The van der Waals surface area contributed by atoms with E-state index in [1.807, 2.05) is 122 Å². The van der Waals surface area contributed by atoms with Crippen LogP contribution in [-0.4, -0.2) is 110 Å². The minimum absolute atomic E-state index is 0.000685. The summed E-state index contributed by atoms with van der Waals surface area (Å²) in [5.41, 5.74) is 17.5. The van der Waals surface area contributed by atoms with Crippen molar-refractivity contribution in [3.05, 3.63) is 212 Å². The number of hydrogen-bond donors (Lipinski definition) is 4. The minimum atomic E-state index is -3.01. The van der Waals surface area contributed by atoms with Crippen LogP contribution in [0.3, 0.4) is 0 Å². The molecule has 4 atom stereocenters. The molecular formula is C98H104N16O12S. The largest absolute Gasteiger partial charge is 0.490 e. The highest BCUT2D eigenvalue weighted by molar-refractivity contribution is 7.90. The second-order valence-corrected chi connectivity index (χ2v) is 35.1. The summed E-state index contributed by atoms with van der Waals surface area (Å²) in [5.74, 6) is 5.66. The second kappa shape index (κ2) is 41.9. The predicted octanol–water partition coefficient (Wildman–Crippen LogP) is 18.7. The van der Waals surface area contributed by atoms with Gasteiger partial charge in [0.1, 0.15) is 57.1 Å². The summed E-state index contributed by atoms with van der Waals surface area (Å²) >= 11 is 0. The van der Waals surface area contributed by atoms with Gasteiger partial charge in [0.2, 0.25) is 35.1 Å². The van der Waals surface area contributed by atoms with E-state index in [0.717, 1.165) is 146 Å². The van der Waals surface area contributed by atoms with Gasteiger partial charge < -0.3 is 58.3 Å². The molecule has 4 aliphatic carbocycles. The number of amides is 2. The van der Waals surface area contributed by atoms with Crippen LogP contribution in [0.25, 0.3) is 91.4 Å². The van der Waals surface area contributed by atoms with E-state index < -0.39 is 9.84 Å². The summed E-state index contributed by atoms with van der Waals surface area (Å²) in [4.78, 5) is 41.7. The van der Waals surface area contributed by atoms with Crippen LogP contribution in [0.2, 0.25) is 0 Å². The number of nitrogens with one attached hydrogen (secondary N) is 4. The summed E-state index contributed by atoms with van der Waals surface area (Å²) in [6.45, 7) is 22.0. The molecule has 4 aliphatic rings. The van der Waals surface area contributed by atoms with E-state index in [4.69, 9.17) is 37.0 Å². The Labute approximate surface area is 739 Å². The van der Waals surface area contributed by atoms with E-state index in [2.05, 4.69) is 117 Å². The Morgan fingerprint density at radius 3 is 0.906 bits per heavy atom. The fraction of sp³-hybridized carbons (Fsp3) is 0.367. The van der Waals surface area contributed by atoms with Gasteiger partial charge in [-0.2, -0.15) is 41.0 Å². The zero-order chi connectivity index (χ0) is 90.0. The molecule has 0 bridgehead atoms. The molecule has 12 aromatic rings. The summed E-state index contributed by atoms with van der Waals surface area (Å²) in [6.07, 6.45) is 13.9. The average Bonchev–Trinajstić information content (AvgIpc) is 1.73. The van der Waals surface area contributed by atoms with Crippen molar-refractivity contribution in [1.82, 2.24) is 61.8 Å². The van der Waals surface area contributed by atoms with Crippen molar-refractivity contribution in [2.24, 2.45) is 0 Å². The number of carbonyl (C=O) groups is 2. The molecule has 0 saturated carbocycles. The van der Waals surface area contributed by atoms with Gasteiger partial charge in [0.05, 0.1) is 64.5 Å². The molecule has 4 heterocycles. The zero-order valence-electron chi connectivity index (χ0n) is 73.5. The number of rotatable bonds is 25. The summed E-state index contributed by atoms with van der Waals surface area (Å²) in [7, 11) is -3.01. The standard InChI is InChI=1S/C25H28N4O4S.C25H28N4O2.2C24H24N4O3/c1-16(2)32-23-11-10-17(14-18(23)15-26)25-28-24(29-33-25)21-8-4-7-20-19(21)6-5-9-22(20)27-12-13-34(3,30)31;1-4-13-27-22-10-6-7-19-20(22)8-5-9-21(19)24-28-25(31-29-24)17-11-12-23(30-16(2)3)18(14-17)15-26;2*1-14(2)30-22-11-10-16(12-17(22)13-25)24-27-23(28-31-24)20-8-4-7-19-18(20)6-5-9-21(19)26-15(3)29/h4,7-8,10-11,14,16,22,27H,5-6,9,12-13H2,1-3H3;5,8-9,11-12,14,16,22,27H,4,6-7,10,13H2,1-3H3;2*4,7-8,10-12,14,21H,5-6,9H2,1-3H3,(H,26,29)/t2*22-;2*21-/m0110/s1. The first-order valence-electron chi connectivity index (χ1n) is 43.1. The third-order valence-corrected chi connectivity index (χ3v) is 22.7. The lowest BCUT2D eigenvalue weighted by Crippen LogP contribution is -2.29. The predicted molar refractivity (Wildman–Crippen MR) is 479 cm³/mol. The highest BCUT2D eigenvalue weighted by Gasteiger charge is 2.31. The van der Waals surface area contributed by atoms with Crippen LogP contribution in [0.15, 0.2) is 164 Å². The monoisotopic (exact) mass is 1730 g/mol. The highest BCUT2D eigenvalue weighted by Crippen LogP contribution is 2.43. The molecule has 4 N–H and O–H groups in total. The van der Waals surface area contributed by atoms with Gasteiger partial charge in [-0.1, -0.05) is 100 Å². The normalized spacial score (nSPS) is 15.4. The number of nitriles is 4. The van der Waals surface area contributed by atoms with E-state index in [0.29, 0.717) is 127 Å². The van der Waals surface area contributed by atoms with Crippen molar-refractivity contribution in [3.8, 4) is 139 Å². The molecule has 0 spiro atoms. The molecule has 4 aromatic heterocycles. The van der Waals surface area contributed by atoms with Gasteiger partial charge in [-0.15, -0.1) is 0 Å². The van der Waals surface area contributed by atoms with Gasteiger partial charge in [0.15, 0.2) is 0 Å². The Morgan fingerprint density at radius 2 is 0.661 bits per heavy atom. The van der Waals surface area contributed by atoms with Gasteiger partial charge in [0, 0.05) is 83.2 Å². The van der Waals surface area contributed by atoms with Crippen LogP contribution in [-0.2, 0) is 45.1 Å². The average molecular weight is 1730 g/mol. The lowest BCUT2D eigenvalue weighted by molar-refractivity contribution is -0.120.